The van der Waals surface area contributed by atoms with Gasteiger partial charge in [-0.3, -0.25) is 0 Å². The standard InChI is InChI=1S/C18H32N2/c1-8-10-19-17(18(5,9-2)20(6)7)16-12-14(3)11-15(4)13-16/h11-13,17,19H,8-10H2,1-7H3. The van der Waals surface area contributed by atoms with Crippen LogP contribution in [0.2, 0.25) is 0 Å². The van der Waals surface area contributed by atoms with E-state index >= 15 is 0 Å². The second-order valence-corrected chi connectivity index (χ2v) is 6.41. The summed E-state index contributed by atoms with van der Waals surface area (Å²) in [4.78, 5) is 2.36. The monoisotopic (exact) mass is 276 g/mol. The van der Waals surface area contributed by atoms with Crippen molar-refractivity contribution in [2.75, 3.05) is 20.6 Å². The van der Waals surface area contributed by atoms with Crippen molar-refractivity contribution < 1.29 is 0 Å². The lowest BCUT2D eigenvalue weighted by molar-refractivity contribution is 0.113. The van der Waals surface area contributed by atoms with Crippen molar-refractivity contribution in [3.8, 4) is 0 Å². The summed E-state index contributed by atoms with van der Waals surface area (Å²) in [5.74, 6) is 0. The molecule has 0 saturated carbocycles. The van der Waals surface area contributed by atoms with Gasteiger partial charge in [0, 0.05) is 5.54 Å². The Hall–Kier alpha value is -0.860. The normalized spacial score (nSPS) is 16.2. The maximum Gasteiger partial charge on any atom is 0.0504 e. The van der Waals surface area contributed by atoms with Crippen LogP contribution in [0.1, 0.15) is 56.3 Å². The van der Waals surface area contributed by atoms with Crippen molar-refractivity contribution in [1.29, 1.82) is 0 Å². The molecular formula is C18H32N2. The van der Waals surface area contributed by atoms with Crippen LogP contribution in [-0.4, -0.2) is 31.1 Å². The second kappa shape index (κ2) is 7.24. The van der Waals surface area contributed by atoms with Crippen LogP contribution >= 0.6 is 0 Å². The van der Waals surface area contributed by atoms with Gasteiger partial charge in [-0.05, 0) is 59.8 Å². The van der Waals surface area contributed by atoms with Crippen LogP contribution in [0.4, 0.5) is 0 Å². The van der Waals surface area contributed by atoms with E-state index in [9.17, 15) is 0 Å². The van der Waals surface area contributed by atoms with Crippen molar-refractivity contribution in [3.63, 3.8) is 0 Å². The Balaban J connectivity index is 3.23. The summed E-state index contributed by atoms with van der Waals surface area (Å²) in [6, 6.07) is 7.27. The molecule has 1 N–H and O–H groups in total. The Morgan fingerprint density at radius 1 is 1.10 bits per heavy atom. The molecule has 0 amide bonds. The van der Waals surface area contributed by atoms with Crippen LogP contribution < -0.4 is 5.32 Å². The molecule has 0 aromatic heterocycles. The molecule has 2 nitrogen and oxygen atoms in total. The van der Waals surface area contributed by atoms with E-state index in [-0.39, 0.29) is 5.54 Å². The topological polar surface area (TPSA) is 15.3 Å². The molecular weight excluding hydrogens is 244 g/mol. The fraction of sp³-hybridized carbons (Fsp3) is 0.667. The number of nitrogens with zero attached hydrogens (tertiary/aromatic N) is 1. The predicted octanol–water partition coefficient (Wildman–Crippen LogP) is 4.07. The van der Waals surface area contributed by atoms with Crippen LogP contribution in [0.15, 0.2) is 18.2 Å². The van der Waals surface area contributed by atoms with Gasteiger partial charge in [-0.15, -0.1) is 0 Å². The highest BCUT2D eigenvalue weighted by Gasteiger charge is 2.35. The fourth-order valence-corrected chi connectivity index (χ4v) is 2.94. The van der Waals surface area contributed by atoms with Crippen molar-refractivity contribution in [2.45, 2.75) is 59.0 Å². The summed E-state index contributed by atoms with van der Waals surface area (Å²) in [7, 11) is 4.37. The highest BCUT2D eigenvalue weighted by molar-refractivity contribution is 5.32. The lowest BCUT2D eigenvalue weighted by Gasteiger charge is -2.43. The first kappa shape index (κ1) is 17.2. The minimum atomic E-state index is 0.120. The third kappa shape index (κ3) is 3.83. The molecule has 1 rings (SSSR count). The Bertz CT molecular complexity index is 405. The molecule has 1 aromatic rings. The Kier molecular flexibility index (Phi) is 6.22. The average Bonchev–Trinajstić information content (AvgIpc) is 2.37. The Morgan fingerprint density at radius 2 is 1.65 bits per heavy atom. The zero-order valence-electron chi connectivity index (χ0n) is 14.4. The second-order valence-electron chi connectivity index (χ2n) is 6.41. The molecule has 0 spiro atoms. The Labute approximate surface area is 125 Å². The van der Waals surface area contributed by atoms with Gasteiger partial charge in [0.25, 0.3) is 0 Å². The predicted molar refractivity (Wildman–Crippen MR) is 89.3 cm³/mol. The first-order valence-electron chi connectivity index (χ1n) is 7.84. The minimum absolute atomic E-state index is 0.120. The van der Waals surface area contributed by atoms with Crippen LogP contribution in [0, 0.1) is 13.8 Å². The van der Waals surface area contributed by atoms with E-state index in [1.165, 1.54) is 16.7 Å². The van der Waals surface area contributed by atoms with Gasteiger partial charge in [-0.25, -0.2) is 0 Å². The lowest BCUT2D eigenvalue weighted by Crippen LogP contribution is -2.51. The molecule has 0 saturated heterocycles. The van der Waals surface area contributed by atoms with Crippen molar-refractivity contribution >= 4 is 0 Å². The number of aryl methyl sites for hydroxylation is 2. The summed E-state index contributed by atoms with van der Waals surface area (Å²) >= 11 is 0. The van der Waals surface area contributed by atoms with Crippen LogP contribution in [0.3, 0.4) is 0 Å². The molecule has 1 aromatic carbocycles. The molecule has 20 heavy (non-hydrogen) atoms. The van der Waals surface area contributed by atoms with Crippen molar-refractivity contribution in [3.05, 3.63) is 34.9 Å². The molecule has 2 unspecified atom stereocenters. The SMILES string of the molecule is CCCNC(c1cc(C)cc(C)c1)C(C)(CC)N(C)C. The maximum absolute atomic E-state index is 3.77. The van der Waals surface area contributed by atoms with Crippen molar-refractivity contribution in [1.82, 2.24) is 10.2 Å². The average molecular weight is 276 g/mol. The third-order valence-electron chi connectivity index (χ3n) is 4.54. The molecule has 2 heteroatoms. The van der Waals surface area contributed by atoms with E-state index in [0.717, 1.165) is 19.4 Å². The number of hydrogen-bond acceptors (Lipinski definition) is 2. The number of likely N-dealkylation sites (N-methyl/N-ethyl adjacent to an activating group) is 1. The van der Waals surface area contributed by atoms with Gasteiger partial charge in [0.1, 0.15) is 0 Å². The largest absolute Gasteiger partial charge is 0.308 e. The molecule has 0 aliphatic carbocycles. The van der Waals surface area contributed by atoms with Gasteiger partial charge >= 0.3 is 0 Å². The molecule has 0 bridgehead atoms. The smallest absolute Gasteiger partial charge is 0.0504 e. The first-order valence-corrected chi connectivity index (χ1v) is 7.84. The number of nitrogens with one attached hydrogen (secondary N) is 1. The van der Waals surface area contributed by atoms with E-state index in [4.69, 9.17) is 0 Å². The van der Waals surface area contributed by atoms with E-state index in [1.54, 1.807) is 0 Å². The zero-order valence-corrected chi connectivity index (χ0v) is 14.4. The summed E-state index contributed by atoms with van der Waals surface area (Å²) in [5.41, 5.74) is 4.23. The summed E-state index contributed by atoms with van der Waals surface area (Å²) in [6.07, 6.45) is 2.28. The van der Waals surface area contributed by atoms with Gasteiger partial charge in [-0.2, -0.15) is 0 Å². The highest BCUT2D eigenvalue weighted by atomic mass is 15.2. The summed E-state index contributed by atoms with van der Waals surface area (Å²) in [6.45, 7) is 12.3. The molecule has 0 fully saturated rings. The molecule has 2 atom stereocenters. The fourth-order valence-electron chi connectivity index (χ4n) is 2.94. The van der Waals surface area contributed by atoms with Gasteiger partial charge in [0.2, 0.25) is 0 Å². The summed E-state index contributed by atoms with van der Waals surface area (Å²) in [5, 5.41) is 3.77. The minimum Gasteiger partial charge on any atom is -0.308 e. The third-order valence-corrected chi connectivity index (χ3v) is 4.54. The summed E-state index contributed by atoms with van der Waals surface area (Å²) < 4.78 is 0. The molecule has 114 valence electrons. The van der Waals surface area contributed by atoms with E-state index in [0.29, 0.717) is 6.04 Å². The van der Waals surface area contributed by atoms with Crippen LogP contribution in [0.25, 0.3) is 0 Å². The van der Waals surface area contributed by atoms with E-state index < -0.39 is 0 Å². The number of rotatable bonds is 7. The van der Waals surface area contributed by atoms with E-state index in [2.05, 4.69) is 77.1 Å². The van der Waals surface area contributed by atoms with Gasteiger partial charge in [0.15, 0.2) is 0 Å². The lowest BCUT2D eigenvalue weighted by atomic mass is 9.82. The zero-order chi connectivity index (χ0) is 15.3. The van der Waals surface area contributed by atoms with Crippen LogP contribution in [-0.2, 0) is 0 Å². The molecule has 0 radical (unpaired) electrons. The molecule has 0 heterocycles. The quantitative estimate of drug-likeness (QED) is 0.807. The maximum atomic E-state index is 3.77. The van der Waals surface area contributed by atoms with Crippen LogP contribution in [0.5, 0.6) is 0 Å². The first-order chi connectivity index (χ1) is 9.35. The molecule has 0 aliphatic heterocycles. The number of hydrogen-bond donors (Lipinski definition) is 1. The highest BCUT2D eigenvalue weighted by Crippen LogP contribution is 2.33. The molecule has 0 aliphatic rings. The van der Waals surface area contributed by atoms with Gasteiger partial charge < -0.3 is 10.2 Å². The van der Waals surface area contributed by atoms with Crippen molar-refractivity contribution in [2.24, 2.45) is 0 Å². The number of benzene rings is 1. The van der Waals surface area contributed by atoms with E-state index in [1.807, 2.05) is 0 Å². The Morgan fingerprint density at radius 3 is 2.05 bits per heavy atom. The van der Waals surface area contributed by atoms with Gasteiger partial charge in [0.05, 0.1) is 6.04 Å². The van der Waals surface area contributed by atoms with Gasteiger partial charge in [-0.1, -0.05) is 43.2 Å².